The van der Waals surface area contributed by atoms with Crippen LogP contribution >= 0.6 is 27.7 Å². The van der Waals surface area contributed by atoms with Crippen molar-refractivity contribution >= 4 is 44.3 Å². The van der Waals surface area contributed by atoms with Crippen LogP contribution in [-0.4, -0.2) is 4.98 Å². The first-order valence-corrected chi connectivity index (χ1v) is 8.02. The van der Waals surface area contributed by atoms with Crippen molar-refractivity contribution in [3.05, 3.63) is 64.8 Å². The average Bonchev–Trinajstić information content (AvgIpc) is 2.47. The van der Waals surface area contributed by atoms with E-state index in [0.717, 1.165) is 31.7 Å². The Bertz CT molecular complexity index is 739. The lowest BCUT2D eigenvalue weighted by molar-refractivity contribution is 1.34. The molecule has 0 unspecified atom stereocenters. The second kappa shape index (κ2) is 5.85. The lowest BCUT2D eigenvalue weighted by atomic mass is 10.2. The SMILES string of the molecule is Nc1cnc2ccc(Br)cc2c1SCc1ccccc1. The Kier molecular flexibility index (Phi) is 3.94. The van der Waals surface area contributed by atoms with Crippen molar-refractivity contribution in [1.29, 1.82) is 0 Å². The molecule has 0 aliphatic carbocycles. The first-order valence-electron chi connectivity index (χ1n) is 6.24. The summed E-state index contributed by atoms with van der Waals surface area (Å²) in [5.74, 6) is 0.899. The van der Waals surface area contributed by atoms with Gasteiger partial charge in [0.1, 0.15) is 0 Å². The monoisotopic (exact) mass is 344 g/mol. The fourth-order valence-electron chi connectivity index (χ4n) is 2.05. The average molecular weight is 345 g/mol. The van der Waals surface area contributed by atoms with Crippen LogP contribution in [-0.2, 0) is 5.75 Å². The van der Waals surface area contributed by atoms with Crippen LogP contribution < -0.4 is 5.73 Å². The van der Waals surface area contributed by atoms with Gasteiger partial charge in [-0.05, 0) is 23.8 Å². The van der Waals surface area contributed by atoms with E-state index < -0.39 is 0 Å². The number of fused-ring (bicyclic) bond motifs is 1. The Morgan fingerprint density at radius 3 is 2.70 bits per heavy atom. The number of nitrogens with two attached hydrogens (primary N) is 1. The predicted molar refractivity (Wildman–Crippen MR) is 89.9 cm³/mol. The van der Waals surface area contributed by atoms with Gasteiger partial charge in [0, 0.05) is 20.5 Å². The van der Waals surface area contributed by atoms with Crippen LogP contribution in [0, 0.1) is 0 Å². The zero-order valence-corrected chi connectivity index (χ0v) is 13.1. The van der Waals surface area contributed by atoms with Gasteiger partial charge in [0.2, 0.25) is 0 Å². The van der Waals surface area contributed by atoms with E-state index in [1.807, 2.05) is 18.2 Å². The molecule has 0 atom stereocenters. The molecule has 0 saturated carbocycles. The summed E-state index contributed by atoms with van der Waals surface area (Å²) in [6, 6.07) is 16.5. The maximum absolute atomic E-state index is 6.10. The van der Waals surface area contributed by atoms with Gasteiger partial charge < -0.3 is 5.73 Å². The highest BCUT2D eigenvalue weighted by Gasteiger charge is 2.08. The lowest BCUT2D eigenvalue weighted by Crippen LogP contribution is -1.93. The molecule has 20 heavy (non-hydrogen) atoms. The number of rotatable bonds is 3. The Hall–Kier alpha value is -1.52. The first kappa shape index (κ1) is 13.5. The molecule has 0 radical (unpaired) electrons. The van der Waals surface area contributed by atoms with Crippen molar-refractivity contribution in [3.63, 3.8) is 0 Å². The van der Waals surface area contributed by atoms with E-state index in [9.17, 15) is 0 Å². The Morgan fingerprint density at radius 2 is 1.90 bits per heavy atom. The zero-order chi connectivity index (χ0) is 13.9. The molecule has 100 valence electrons. The normalized spacial score (nSPS) is 10.8. The quantitative estimate of drug-likeness (QED) is 0.688. The highest BCUT2D eigenvalue weighted by atomic mass is 79.9. The van der Waals surface area contributed by atoms with Gasteiger partial charge in [0.25, 0.3) is 0 Å². The number of pyridine rings is 1. The number of hydrogen-bond donors (Lipinski definition) is 1. The van der Waals surface area contributed by atoms with Gasteiger partial charge in [-0.1, -0.05) is 46.3 Å². The molecule has 4 heteroatoms. The number of benzene rings is 2. The number of aromatic nitrogens is 1. The van der Waals surface area contributed by atoms with Crippen molar-refractivity contribution in [3.8, 4) is 0 Å². The van der Waals surface area contributed by atoms with E-state index in [4.69, 9.17) is 5.73 Å². The molecule has 2 N–H and O–H groups in total. The molecule has 0 fully saturated rings. The number of anilines is 1. The smallest absolute Gasteiger partial charge is 0.0715 e. The van der Waals surface area contributed by atoms with Crippen molar-refractivity contribution < 1.29 is 0 Å². The predicted octanol–water partition coefficient (Wildman–Crippen LogP) is 4.87. The van der Waals surface area contributed by atoms with E-state index >= 15 is 0 Å². The molecular formula is C16H13BrN2S. The van der Waals surface area contributed by atoms with Crippen molar-refractivity contribution in [2.75, 3.05) is 5.73 Å². The van der Waals surface area contributed by atoms with Crippen LogP contribution in [0.5, 0.6) is 0 Å². The van der Waals surface area contributed by atoms with E-state index in [1.54, 1.807) is 18.0 Å². The van der Waals surface area contributed by atoms with Crippen LogP contribution in [0.25, 0.3) is 10.9 Å². The summed E-state index contributed by atoms with van der Waals surface area (Å²) in [5.41, 5.74) is 9.09. The van der Waals surface area contributed by atoms with Gasteiger partial charge in [-0.15, -0.1) is 11.8 Å². The van der Waals surface area contributed by atoms with Crippen LogP contribution in [0.2, 0.25) is 0 Å². The molecule has 0 saturated heterocycles. The minimum atomic E-state index is 0.733. The Balaban J connectivity index is 1.97. The fraction of sp³-hybridized carbons (Fsp3) is 0.0625. The van der Waals surface area contributed by atoms with Gasteiger partial charge in [0.15, 0.2) is 0 Å². The summed E-state index contributed by atoms with van der Waals surface area (Å²) in [7, 11) is 0. The van der Waals surface area contributed by atoms with Gasteiger partial charge in [0.05, 0.1) is 17.4 Å². The van der Waals surface area contributed by atoms with Gasteiger partial charge in [-0.25, -0.2) is 0 Å². The minimum Gasteiger partial charge on any atom is -0.397 e. The second-order valence-corrected chi connectivity index (χ2v) is 6.38. The summed E-state index contributed by atoms with van der Waals surface area (Å²) in [6.07, 6.45) is 1.74. The summed E-state index contributed by atoms with van der Waals surface area (Å²) in [5, 5.41) is 1.10. The molecule has 2 nitrogen and oxygen atoms in total. The molecule has 1 heterocycles. The summed E-state index contributed by atoms with van der Waals surface area (Å²) in [4.78, 5) is 5.48. The Labute approximate surface area is 130 Å². The maximum atomic E-state index is 6.10. The number of nitrogens with zero attached hydrogens (tertiary/aromatic N) is 1. The third-order valence-electron chi connectivity index (χ3n) is 3.03. The lowest BCUT2D eigenvalue weighted by Gasteiger charge is -2.09. The molecule has 0 amide bonds. The Morgan fingerprint density at radius 1 is 1.10 bits per heavy atom. The van der Waals surface area contributed by atoms with Crippen LogP contribution in [0.15, 0.2) is 64.1 Å². The minimum absolute atomic E-state index is 0.733. The van der Waals surface area contributed by atoms with Crippen molar-refractivity contribution in [2.45, 2.75) is 10.6 Å². The molecule has 0 aliphatic heterocycles. The summed E-state index contributed by atoms with van der Waals surface area (Å²) >= 11 is 5.26. The summed E-state index contributed by atoms with van der Waals surface area (Å²) in [6.45, 7) is 0. The molecule has 1 aromatic heterocycles. The molecule has 0 bridgehead atoms. The highest BCUT2D eigenvalue weighted by Crippen LogP contribution is 2.35. The third-order valence-corrected chi connectivity index (χ3v) is 4.75. The zero-order valence-electron chi connectivity index (χ0n) is 10.7. The summed E-state index contributed by atoms with van der Waals surface area (Å²) < 4.78 is 1.04. The van der Waals surface area contributed by atoms with E-state index in [2.05, 4.69) is 51.2 Å². The van der Waals surface area contributed by atoms with Crippen LogP contribution in [0.4, 0.5) is 5.69 Å². The number of nitrogen functional groups attached to an aromatic ring is 1. The molecule has 2 aromatic carbocycles. The van der Waals surface area contributed by atoms with E-state index in [-0.39, 0.29) is 0 Å². The van der Waals surface area contributed by atoms with Crippen molar-refractivity contribution in [2.24, 2.45) is 0 Å². The van der Waals surface area contributed by atoms with E-state index in [0.29, 0.717) is 0 Å². The van der Waals surface area contributed by atoms with E-state index in [1.165, 1.54) is 5.56 Å². The first-order chi connectivity index (χ1) is 9.74. The number of halogens is 1. The van der Waals surface area contributed by atoms with Crippen molar-refractivity contribution in [1.82, 2.24) is 4.98 Å². The highest BCUT2D eigenvalue weighted by molar-refractivity contribution is 9.10. The molecule has 3 rings (SSSR count). The van der Waals surface area contributed by atoms with Crippen LogP contribution in [0.1, 0.15) is 5.56 Å². The topological polar surface area (TPSA) is 38.9 Å². The van der Waals surface area contributed by atoms with Gasteiger partial charge >= 0.3 is 0 Å². The maximum Gasteiger partial charge on any atom is 0.0715 e. The fourth-order valence-corrected chi connectivity index (χ4v) is 3.45. The molecule has 0 aliphatic rings. The number of thioether (sulfide) groups is 1. The molecule has 3 aromatic rings. The van der Waals surface area contributed by atoms with Crippen LogP contribution in [0.3, 0.4) is 0 Å². The largest absolute Gasteiger partial charge is 0.397 e. The molecule has 0 spiro atoms. The molecular weight excluding hydrogens is 332 g/mol. The second-order valence-electron chi connectivity index (χ2n) is 4.48. The standard InChI is InChI=1S/C16H13BrN2S/c17-12-6-7-15-13(8-12)16(14(18)9-19-15)20-10-11-4-2-1-3-5-11/h1-9H,10,18H2. The third kappa shape index (κ3) is 2.81. The van der Waals surface area contributed by atoms with Gasteiger partial charge in [-0.2, -0.15) is 0 Å². The van der Waals surface area contributed by atoms with Gasteiger partial charge in [-0.3, -0.25) is 4.98 Å². The number of hydrogen-bond acceptors (Lipinski definition) is 3.